The minimum absolute atomic E-state index is 0.0811. The van der Waals surface area contributed by atoms with Gasteiger partial charge in [-0.2, -0.15) is 0 Å². The number of rotatable bonds is 6. The van der Waals surface area contributed by atoms with E-state index in [9.17, 15) is 18.4 Å². The summed E-state index contributed by atoms with van der Waals surface area (Å²) >= 11 is 0. The van der Waals surface area contributed by atoms with Crippen LogP contribution in [0.1, 0.15) is 66.7 Å². The number of nitrogens with two attached hydrogens (primary N) is 1. The number of anilines is 2. The van der Waals surface area contributed by atoms with E-state index in [-0.39, 0.29) is 52.2 Å². The second kappa shape index (κ2) is 10.5. The van der Waals surface area contributed by atoms with E-state index >= 15 is 4.39 Å². The van der Waals surface area contributed by atoms with Gasteiger partial charge in [0.1, 0.15) is 34.5 Å². The Bertz CT molecular complexity index is 1650. The number of nitrogens with one attached hydrogen (secondary N) is 1. The highest BCUT2D eigenvalue weighted by Crippen LogP contribution is 2.39. The average molecular weight is 564 g/mol. The summed E-state index contributed by atoms with van der Waals surface area (Å²) in [5.41, 5.74) is 6.51. The fraction of sp³-hybridized carbons (Fsp3) is 0.345. The average Bonchev–Trinajstić information content (AvgIpc) is 3.74. The number of hydrogen-bond acceptors (Lipinski definition) is 6. The summed E-state index contributed by atoms with van der Waals surface area (Å²) in [5.74, 6) is -0.824. The summed E-state index contributed by atoms with van der Waals surface area (Å²) in [6.45, 7) is 2.57. The number of nitrogens with zero attached hydrogens (tertiary/aromatic N) is 5. The normalized spacial score (nSPS) is 19.1. The second-order valence-corrected chi connectivity index (χ2v) is 10.6. The summed E-state index contributed by atoms with van der Waals surface area (Å²) < 4.78 is 44.0. The van der Waals surface area contributed by atoms with Gasteiger partial charge in [-0.05, 0) is 62.9 Å². The number of pyridine rings is 1. The molecule has 3 aromatic heterocycles. The summed E-state index contributed by atoms with van der Waals surface area (Å²) in [7, 11) is 0. The third-order valence-electron chi connectivity index (χ3n) is 7.86. The Hall–Kier alpha value is -4.48. The monoisotopic (exact) mass is 563 g/mol. The van der Waals surface area contributed by atoms with Gasteiger partial charge >= 0.3 is 0 Å². The van der Waals surface area contributed by atoms with Crippen LogP contribution in [0.2, 0.25) is 0 Å². The first-order valence-electron chi connectivity index (χ1n) is 13.5. The molecule has 1 aliphatic carbocycles. The molecule has 4 aromatic rings. The molecular weight excluding hydrogens is 535 g/mol. The molecule has 0 spiro atoms. The topological polar surface area (TPSA) is 119 Å². The highest BCUT2D eigenvalue weighted by atomic mass is 19.3. The number of carbonyl (C=O) groups excluding carboxylic acids is 2. The predicted molar refractivity (Wildman–Crippen MR) is 146 cm³/mol. The van der Waals surface area contributed by atoms with Gasteiger partial charge in [-0.3, -0.25) is 14.0 Å². The van der Waals surface area contributed by atoms with Gasteiger partial charge in [0.2, 0.25) is 5.91 Å². The van der Waals surface area contributed by atoms with E-state index in [0.29, 0.717) is 17.9 Å². The van der Waals surface area contributed by atoms with Gasteiger partial charge in [0, 0.05) is 54.1 Å². The molecule has 6 rings (SSSR count). The summed E-state index contributed by atoms with van der Waals surface area (Å²) in [5, 5.41) is 2.33. The van der Waals surface area contributed by atoms with E-state index in [1.54, 1.807) is 16.8 Å². The van der Waals surface area contributed by atoms with E-state index in [2.05, 4.69) is 22.2 Å². The number of benzene rings is 1. The van der Waals surface area contributed by atoms with Crippen molar-refractivity contribution in [2.45, 2.75) is 51.0 Å². The molecule has 12 heteroatoms. The van der Waals surface area contributed by atoms with Crippen molar-refractivity contribution in [3.8, 4) is 11.3 Å². The number of hydrogen-bond donors (Lipinski definition) is 2. The van der Waals surface area contributed by atoms with Crippen molar-refractivity contribution in [1.29, 1.82) is 0 Å². The molecule has 1 saturated heterocycles. The molecule has 212 valence electrons. The van der Waals surface area contributed by atoms with Crippen LogP contribution in [-0.4, -0.2) is 48.7 Å². The van der Waals surface area contributed by atoms with Crippen molar-refractivity contribution in [1.82, 2.24) is 24.3 Å². The molecule has 41 heavy (non-hydrogen) atoms. The maximum absolute atomic E-state index is 15.6. The molecule has 2 aliphatic rings. The van der Waals surface area contributed by atoms with Crippen LogP contribution in [0.5, 0.6) is 0 Å². The number of amides is 2. The van der Waals surface area contributed by atoms with Crippen LogP contribution in [0.15, 0.2) is 48.9 Å². The van der Waals surface area contributed by atoms with Crippen LogP contribution < -0.4 is 11.1 Å². The lowest BCUT2D eigenvalue weighted by molar-refractivity contribution is -0.136. The maximum atomic E-state index is 15.6. The van der Waals surface area contributed by atoms with Gasteiger partial charge in [0.05, 0.1) is 5.56 Å². The number of likely N-dealkylation sites (tertiary alicyclic amines) is 1. The van der Waals surface area contributed by atoms with E-state index in [1.807, 2.05) is 4.90 Å². The molecular formula is C29H28F3N7O2. The smallest absolute Gasteiger partial charge is 0.267 e. The fourth-order valence-electron chi connectivity index (χ4n) is 5.48. The Morgan fingerprint density at radius 2 is 1.90 bits per heavy atom. The highest BCUT2D eigenvalue weighted by molar-refractivity contribution is 6.04. The number of piperidine rings is 1. The lowest BCUT2D eigenvalue weighted by Gasteiger charge is -2.37. The third kappa shape index (κ3) is 4.98. The first-order valence-corrected chi connectivity index (χ1v) is 13.5. The summed E-state index contributed by atoms with van der Waals surface area (Å²) in [6, 6.07) is 6.44. The first kappa shape index (κ1) is 26.7. The summed E-state index contributed by atoms with van der Waals surface area (Å²) in [6.07, 6.45) is 5.16. The van der Waals surface area contributed by atoms with Gasteiger partial charge in [-0.25, -0.2) is 28.1 Å². The van der Waals surface area contributed by atoms with Crippen molar-refractivity contribution in [3.63, 3.8) is 0 Å². The van der Waals surface area contributed by atoms with E-state index < -0.39 is 23.7 Å². The molecule has 9 nitrogen and oxygen atoms in total. The van der Waals surface area contributed by atoms with Gasteiger partial charge < -0.3 is 16.0 Å². The van der Waals surface area contributed by atoms with Crippen molar-refractivity contribution >= 4 is 29.0 Å². The second-order valence-electron chi connectivity index (χ2n) is 10.6. The van der Waals surface area contributed by atoms with Gasteiger partial charge in [-0.1, -0.05) is 0 Å². The SMILES string of the molecule is C[C@H]1CC[C@@H](c2nc(-c3ccc(C(=O)Nc4ncccc4C(F)F)cc3F)c3c(N)nccn23)CN1C(=O)C1CC1. The molecule has 4 heterocycles. The zero-order valence-electron chi connectivity index (χ0n) is 22.2. The molecule has 0 radical (unpaired) electrons. The zero-order chi connectivity index (χ0) is 28.8. The van der Waals surface area contributed by atoms with Crippen LogP contribution in [0.4, 0.5) is 24.8 Å². The molecule has 2 atom stereocenters. The van der Waals surface area contributed by atoms with Crippen LogP contribution >= 0.6 is 0 Å². The number of imidazole rings is 1. The van der Waals surface area contributed by atoms with Crippen LogP contribution in [0.3, 0.4) is 0 Å². The quantitative estimate of drug-likeness (QED) is 0.333. The Balaban J connectivity index is 1.33. The zero-order valence-corrected chi connectivity index (χ0v) is 22.2. The van der Waals surface area contributed by atoms with E-state index in [1.165, 1.54) is 24.4 Å². The number of alkyl halides is 2. The molecule has 1 saturated carbocycles. The van der Waals surface area contributed by atoms with Gasteiger partial charge in [0.15, 0.2) is 0 Å². The van der Waals surface area contributed by atoms with Crippen molar-refractivity contribution < 1.29 is 22.8 Å². The van der Waals surface area contributed by atoms with E-state index in [4.69, 9.17) is 10.7 Å². The number of carbonyl (C=O) groups is 2. The molecule has 0 unspecified atom stereocenters. The third-order valence-corrected chi connectivity index (χ3v) is 7.86. The summed E-state index contributed by atoms with van der Waals surface area (Å²) in [4.78, 5) is 40.5. The molecule has 0 bridgehead atoms. The number of nitrogen functional groups attached to an aromatic ring is 1. The maximum Gasteiger partial charge on any atom is 0.267 e. The Morgan fingerprint density at radius 1 is 1.10 bits per heavy atom. The van der Waals surface area contributed by atoms with Crippen molar-refractivity contribution in [3.05, 3.63) is 71.7 Å². The van der Waals surface area contributed by atoms with Gasteiger partial charge in [-0.15, -0.1) is 0 Å². The molecule has 2 fully saturated rings. The van der Waals surface area contributed by atoms with Crippen LogP contribution in [0, 0.1) is 11.7 Å². The molecule has 3 N–H and O–H groups in total. The van der Waals surface area contributed by atoms with Crippen LogP contribution in [0.25, 0.3) is 16.8 Å². The minimum Gasteiger partial charge on any atom is -0.382 e. The lowest BCUT2D eigenvalue weighted by Crippen LogP contribution is -2.45. The van der Waals surface area contributed by atoms with Crippen molar-refractivity contribution in [2.24, 2.45) is 5.92 Å². The number of aromatic nitrogens is 4. The standard InChI is InChI=1S/C29H28F3N7O2/c1-15-4-5-18(14-39(15)29(41)16-6-7-16)27-36-22(23-25(33)34-11-12-38(23)27)19-9-8-17(13-21(19)30)28(40)37-26-20(24(31)32)3-2-10-35-26/h2-3,8-13,15-16,18,24H,4-7,14H2,1H3,(H2,33,34)(H,35,37,40)/t15-,18+/m0/s1. The molecule has 1 aromatic carbocycles. The highest BCUT2D eigenvalue weighted by Gasteiger charge is 2.39. The number of fused-ring (bicyclic) bond motifs is 1. The first-order chi connectivity index (χ1) is 19.7. The molecule has 1 aliphatic heterocycles. The van der Waals surface area contributed by atoms with E-state index in [0.717, 1.165) is 37.8 Å². The Labute approximate surface area is 233 Å². The Kier molecular flexibility index (Phi) is 6.84. The molecule has 2 amide bonds. The van der Waals surface area contributed by atoms with Crippen molar-refractivity contribution in [2.75, 3.05) is 17.6 Å². The van der Waals surface area contributed by atoms with Crippen LogP contribution in [-0.2, 0) is 4.79 Å². The minimum atomic E-state index is -2.84. The predicted octanol–water partition coefficient (Wildman–Crippen LogP) is 5.21. The Morgan fingerprint density at radius 3 is 2.63 bits per heavy atom. The lowest BCUT2D eigenvalue weighted by atomic mass is 9.92. The largest absolute Gasteiger partial charge is 0.382 e. The number of halogens is 3. The fourth-order valence-corrected chi connectivity index (χ4v) is 5.48. The van der Waals surface area contributed by atoms with Gasteiger partial charge in [0.25, 0.3) is 12.3 Å².